The standard InChI is InChI=1S/C24H25ClN6O/c1-5-31-22-15-10-20(24(26)27-11-15)32-14(3)18-8-13(2)6-7-17(18)21-16(12-30(4)28-21)9-19(22)23(25)29-31/h6-8,10-12,14H,5,9H2,1-4H3,(H2,26,27). The van der Waals surface area contributed by atoms with Crippen molar-refractivity contribution in [1.82, 2.24) is 24.5 Å². The van der Waals surface area contributed by atoms with Gasteiger partial charge in [0.25, 0.3) is 0 Å². The molecular formula is C24H25ClN6O. The highest BCUT2D eigenvalue weighted by atomic mass is 35.5. The number of aryl methyl sites for hydroxylation is 3. The molecule has 7 nitrogen and oxygen atoms in total. The Morgan fingerprint density at radius 3 is 2.84 bits per heavy atom. The normalized spacial score (nSPS) is 15.1. The Kier molecular flexibility index (Phi) is 4.93. The SMILES string of the molecule is CCn1nc(Cl)c2c1-c1cnc(N)c(c1)OC(C)c1cc(C)ccc1-c1nn(C)cc1C2. The summed E-state index contributed by atoms with van der Waals surface area (Å²) in [6.45, 7) is 6.81. The second-order valence-corrected chi connectivity index (χ2v) is 8.60. The van der Waals surface area contributed by atoms with Gasteiger partial charge in [-0.3, -0.25) is 9.36 Å². The second kappa shape index (κ2) is 7.67. The molecule has 0 amide bonds. The van der Waals surface area contributed by atoms with Gasteiger partial charge in [0.1, 0.15) is 6.10 Å². The van der Waals surface area contributed by atoms with Gasteiger partial charge in [-0.1, -0.05) is 35.4 Å². The van der Waals surface area contributed by atoms with Crippen LogP contribution in [-0.2, 0) is 20.0 Å². The van der Waals surface area contributed by atoms with Crippen LogP contribution in [0.25, 0.3) is 22.5 Å². The molecule has 1 unspecified atom stereocenters. The summed E-state index contributed by atoms with van der Waals surface area (Å²) in [5, 5.41) is 9.88. The highest BCUT2D eigenvalue weighted by Gasteiger charge is 2.25. The molecule has 1 atom stereocenters. The van der Waals surface area contributed by atoms with Crippen molar-refractivity contribution >= 4 is 17.4 Å². The third-order valence-corrected chi connectivity index (χ3v) is 6.24. The number of hydrogen-bond acceptors (Lipinski definition) is 5. The molecule has 1 aromatic carbocycles. The number of benzene rings is 1. The van der Waals surface area contributed by atoms with Crippen molar-refractivity contribution in [3.63, 3.8) is 0 Å². The van der Waals surface area contributed by atoms with E-state index in [0.717, 1.165) is 44.8 Å². The highest BCUT2D eigenvalue weighted by Crippen LogP contribution is 2.40. The summed E-state index contributed by atoms with van der Waals surface area (Å²) >= 11 is 6.66. The zero-order valence-corrected chi connectivity index (χ0v) is 19.3. The smallest absolute Gasteiger partial charge is 0.166 e. The van der Waals surface area contributed by atoms with Crippen molar-refractivity contribution in [1.29, 1.82) is 0 Å². The first-order valence-corrected chi connectivity index (χ1v) is 11.0. The summed E-state index contributed by atoms with van der Waals surface area (Å²) in [7, 11) is 1.94. The molecule has 4 aromatic rings. The molecule has 164 valence electrons. The average Bonchev–Trinajstić information content (AvgIpc) is 3.28. The monoisotopic (exact) mass is 448 g/mol. The Balaban J connectivity index is 1.84. The first-order chi connectivity index (χ1) is 15.4. The number of hydrogen-bond donors (Lipinski definition) is 1. The Morgan fingerprint density at radius 2 is 2.06 bits per heavy atom. The van der Waals surface area contributed by atoms with E-state index >= 15 is 0 Å². The molecule has 8 heteroatoms. The van der Waals surface area contributed by atoms with E-state index < -0.39 is 0 Å². The van der Waals surface area contributed by atoms with Crippen LogP contribution in [0.5, 0.6) is 5.75 Å². The lowest BCUT2D eigenvalue weighted by molar-refractivity contribution is 0.228. The van der Waals surface area contributed by atoms with E-state index in [4.69, 9.17) is 27.2 Å². The summed E-state index contributed by atoms with van der Waals surface area (Å²) in [6.07, 6.45) is 4.15. The van der Waals surface area contributed by atoms with Crippen LogP contribution in [0, 0.1) is 6.92 Å². The lowest BCUT2D eigenvalue weighted by atomic mass is 9.93. The Labute approximate surface area is 191 Å². The van der Waals surface area contributed by atoms with Crippen molar-refractivity contribution in [2.75, 3.05) is 5.73 Å². The number of anilines is 1. The second-order valence-electron chi connectivity index (χ2n) is 8.25. The largest absolute Gasteiger partial charge is 0.482 e. The Morgan fingerprint density at radius 1 is 1.25 bits per heavy atom. The lowest BCUT2D eigenvalue weighted by Crippen LogP contribution is -2.10. The van der Waals surface area contributed by atoms with Gasteiger partial charge in [0.15, 0.2) is 16.7 Å². The summed E-state index contributed by atoms with van der Waals surface area (Å²) in [5.41, 5.74) is 14.1. The van der Waals surface area contributed by atoms with Gasteiger partial charge in [-0.25, -0.2) is 4.98 Å². The van der Waals surface area contributed by atoms with E-state index in [1.165, 1.54) is 0 Å². The van der Waals surface area contributed by atoms with Crippen molar-refractivity contribution in [2.45, 2.75) is 39.8 Å². The van der Waals surface area contributed by atoms with Crippen LogP contribution in [0.2, 0.25) is 5.15 Å². The first kappa shape index (κ1) is 20.6. The maximum atomic E-state index is 6.66. The molecule has 4 heterocycles. The van der Waals surface area contributed by atoms with E-state index in [0.29, 0.717) is 29.7 Å². The van der Waals surface area contributed by atoms with Crippen molar-refractivity contribution in [3.05, 3.63) is 64.1 Å². The van der Waals surface area contributed by atoms with Gasteiger partial charge in [0.05, 0.1) is 11.4 Å². The van der Waals surface area contributed by atoms with Crippen molar-refractivity contribution < 1.29 is 4.74 Å². The Hall–Kier alpha value is -3.32. The van der Waals surface area contributed by atoms with Crippen LogP contribution >= 0.6 is 11.6 Å². The molecule has 0 aliphatic carbocycles. The molecule has 32 heavy (non-hydrogen) atoms. The summed E-state index contributed by atoms with van der Waals surface area (Å²) in [6, 6.07) is 8.28. The maximum absolute atomic E-state index is 6.66. The summed E-state index contributed by atoms with van der Waals surface area (Å²) in [4.78, 5) is 4.42. The fourth-order valence-electron chi connectivity index (χ4n) is 4.43. The number of ether oxygens (including phenoxy) is 1. The van der Waals surface area contributed by atoms with Gasteiger partial charge >= 0.3 is 0 Å². The molecule has 0 saturated carbocycles. The molecule has 2 N–H and O–H groups in total. The van der Waals surface area contributed by atoms with Gasteiger partial charge in [0, 0.05) is 60.2 Å². The number of nitrogens with two attached hydrogens (primary N) is 1. The average molecular weight is 449 g/mol. The fourth-order valence-corrected chi connectivity index (χ4v) is 4.68. The Bertz CT molecular complexity index is 1340. The minimum absolute atomic E-state index is 0.252. The molecule has 0 fully saturated rings. The predicted octanol–water partition coefficient (Wildman–Crippen LogP) is 4.95. The van der Waals surface area contributed by atoms with Gasteiger partial charge in [-0.2, -0.15) is 10.2 Å². The van der Waals surface area contributed by atoms with Gasteiger partial charge < -0.3 is 10.5 Å². The number of nitrogen functional groups attached to an aromatic ring is 1. The predicted molar refractivity (Wildman–Crippen MR) is 126 cm³/mol. The fraction of sp³-hybridized carbons (Fsp3) is 0.292. The molecule has 1 aliphatic rings. The van der Waals surface area contributed by atoms with Crippen molar-refractivity contribution in [3.8, 4) is 28.3 Å². The zero-order valence-electron chi connectivity index (χ0n) is 18.6. The first-order valence-electron chi connectivity index (χ1n) is 10.7. The molecule has 0 radical (unpaired) electrons. The number of aromatic nitrogens is 5. The van der Waals surface area contributed by atoms with Crippen LogP contribution in [0.4, 0.5) is 5.82 Å². The molecular weight excluding hydrogens is 424 g/mol. The molecule has 1 aliphatic heterocycles. The molecule has 2 bridgehead atoms. The number of pyridine rings is 1. The minimum atomic E-state index is -0.252. The highest BCUT2D eigenvalue weighted by molar-refractivity contribution is 6.30. The summed E-state index contributed by atoms with van der Waals surface area (Å²) in [5.74, 6) is 0.885. The number of rotatable bonds is 1. The number of nitrogens with zero attached hydrogens (tertiary/aromatic N) is 5. The van der Waals surface area contributed by atoms with Crippen LogP contribution in [0.1, 0.15) is 42.2 Å². The van der Waals surface area contributed by atoms with Crippen LogP contribution in [-0.4, -0.2) is 24.5 Å². The number of halogens is 1. The van der Waals surface area contributed by atoms with Crippen molar-refractivity contribution in [2.24, 2.45) is 7.05 Å². The quantitative estimate of drug-likeness (QED) is 0.445. The zero-order chi connectivity index (χ0) is 22.6. The van der Waals surface area contributed by atoms with E-state index in [1.807, 2.05) is 42.5 Å². The maximum Gasteiger partial charge on any atom is 0.166 e. The van der Waals surface area contributed by atoms with E-state index in [9.17, 15) is 0 Å². The van der Waals surface area contributed by atoms with Gasteiger partial charge in [-0.15, -0.1) is 0 Å². The molecule has 0 spiro atoms. The molecule has 0 saturated heterocycles. The topological polar surface area (TPSA) is 83.8 Å². The van der Waals surface area contributed by atoms with E-state index in [-0.39, 0.29) is 6.10 Å². The number of fused-ring (bicyclic) bond motifs is 7. The van der Waals surface area contributed by atoms with E-state index in [2.05, 4.69) is 35.2 Å². The third-order valence-electron chi connectivity index (χ3n) is 5.93. The van der Waals surface area contributed by atoms with E-state index in [1.54, 1.807) is 6.20 Å². The minimum Gasteiger partial charge on any atom is -0.482 e. The van der Waals surface area contributed by atoms with Crippen LogP contribution in [0.15, 0.2) is 36.7 Å². The lowest BCUT2D eigenvalue weighted by Gasteiger charge is -2.21. The third kappa shape index (κ3) is 3.33. The molecule has 3 aromatic heterocycles. The van der Waals surface area contributed by atoms with Crippen LogP contribution in [0.3, 0.4) is 0 Å². The van der Waals surface area contributed by atoms with Gasteiger partial charge in [0.2, 0.25) is 0 Å². The van der Waals surface area contributed by atoms with Crippen LogP contribution < -0.4 is 10.5 Å². The molecule has 5 rings (SSSR count). The summed E-state index contributed by atoms with van der Waals surface area (Å²) < 4.78 is 10.1. The van der Waals surface area contributed by atoms with Gasteiger partial charge in [-0.05, 0) is 26.8 Å².